The molecule has 0 radical (unpaired) electrons. The third-order valence-corrected chi connectivity index (χ3v) is 4.89. The van der Waals surface area contributed by atoms with Crippen molar-refractivity contribution in [2.45, 2.75) is 25.3 Å². The first-order chi connectivity index (χ1) is 12.8. The molecular weight excluding hydrogens is 337 g/mol. The Balaban J connectivity index is 1.55. The first-order valence-corrected chi connectivity index (χ1v) is 8.82. The van der Waals surface area contributed by atoms with E-state index in [1.807, 2.05) is 0 Å². The molecule has 2 aliphatic rings. The third kappa shape index (κ3) is 2.53. The molecule has 0 amide bonds. The average Bonchev–Trinajstić information content (AvgIpc) is 3.39. The molecule has 1 fully saturated rings. The zero-order valence-corrected chi connectivity index (χ0v) is 14.1. The van der Waals surface area contributed by atoms with Gasteiger partial charge >= 0.3 is 0 Å². The van der Waals surface area contributed by atoms with Gasteiger partial charge in [0, 0.05) is 17.8 Å². The van der Waals surface area contributed by atoms with Crippen LogP contribution >= 0.6 is 0 Å². The van der Waals surface area contributed by atoms with Crippen LogP contribution in [0.5, 0.6) is 0 Å². The molecular formula is C18H18FN5O2. The minimum atomic E-state index is -0.300. The minimum Gasteiger partial charge on any atom is -0.378 e. The number of benzene rings is 1. The summed E-state index contributed by atoms with van der Waals surface area (Å²) in [6, 6.07) is 6.57. The number of rotatable bonds is 3. The van der Waals surface area contributed by atoms with Gasteiger partial charge in [-0.1, -0.05) is 17.3 Å². The maximum atomic E-state index is 14.3. The minimum absolute atomic E-state index is 0.0806. The van der Waals surface area contributed by atoms with Gasteiger partial charge < -0.3 is 14.6 Å². The van der Waals surface area contributed by atoms with E-state index in [2.05, 4.69) is 20.6 Å². The van der Waals surface area contributed by atoms with Crippen LogP contribution < -0.4 is 5.32 Å². The summed E-state index contributed by atoms with van der Waals surface area (Å²) in [4.78, 5) is 4.52. The number of hydrogen-bond donors (Lipinski definition) is 1. The lowest BCUT2D eigenvalue weighted by atomic mass is 10.2. The van der Waals surface area contributed by atoms with Crippen molar-refractivity contribution in [3.05, 3.63) is 47.2 Å². The standard InChI is InChI=1S/C18H18FN5O2/c19-12-5-1-2-6-15(12)24-14-7-3-4-11(14)16(22-24)18-21-17(23-26-18)13-10-25-9-8-20-13/h1-2,5-6,13,20H,3-4,7-10H2/t13-/m1/s1. The molecule has 8 heteroatoms. The second-order valence-electron chi connectivity index (χ2n) is 6.53. The Kier molecular flexibility index (Phi) is 3.79. The predicted octanol–water partition coefficient (Wildman–Crippen LogP) is 2.21. The highest BCUT2D eigenvalue weighted by atomic mass is 19.1. The van der Waals surface area contributed by atoms with Crippen LogP contribution in [0.15, 0.2) is 28.8 Å². The van der Waals surface area contributed by atoms with Crippen molar-refractivity contribution in [1.29, 1.82) is 0 Å². The van der Waals surface area contributed by atoms with E-state index in [-0.39, 0.29) is 11.9 Å². The van der Waals surface area contributed by atoms with E-state index in [4.69, 9.17) is 9.26 Å². The van der Waals surface area contributed by atoms with Gasteiger partial charge in [-0.3, -0.25) is 0 Å². The fourth-order valence-electron chi connectivity index (χ4n) is 3.64. The number of nitrogens with zero attached hydrogens (tertiary/aromatic N) is 4. The van der Waals surface area contributed by atoms with E-state index < -0.39 is 0 Å². The summed E-state index contributed by atoms with van der Waals surface area (Å²) in [5.41, 5.74) is 3.18. The third-order valence-electron chi connectivity index (χ3n) is 4.89. The van der Waals surface area contributed by atoms with Crippen LogP contribution in [0.2, 0.25) is 0 Å². The topological polar surface area (TPSA) is 78.0 Å². The van der Waals surface area contributed by atoms with Gasteiger partial charge in [-0.05, 0) is 31.4 Å². The summed E-state index contributed by atoms with van der Waals surface area (Å²) >= 11 is 0. The highest BCUT2D eigenvalue weighted by molar-refractivity contribution is 5.58. The number of morpholine rings is 1. The van der Waals surface area contributed by atoms with Gasteiger partial charge in [-0.15, -0.1) is 0 Å². The van der Waals surface area contributed by atoms with Crippen molar-refractivity contribution < 1.29 is 13.7 Å². The predicted molar refractivity (Wildman–Crippen MR) is 90.4 cm³/mol. The van der Waals surface area contributed by atoms with E-state index >= 15 is 0 Å². The molecule has 2 aromatic heterocycles. The van der Waals surface area contributed by atoms with Crippen LogP contribution in [-0.4, -0.2) is 39.7 Å². The Labute approximate surface area is 149 Å². The van der Waals surface area contributed by atoms with Crippen LogP contribution in [0.1, 0.15) is 29.5 Å². The Morgan fingerprint density at radius 2 is 2.15 bits per heavy atom. The number of para-hydroxylation sites is 1. The smallest absolute Gasteiger partial charge is 0.278 e. The average molecular weight is 355 g/mol. The monoisotopic (exact) mass is 355 g/mol. The summed E-state index contributed by atoms with van der Waals surface area (Å²) in [5, 5.41) is 12.0. The number of aromatic nitrogens is 4. The first kappa shape index (κ1) is 15.7. The van der Waals surface area contributed by atoms with Gasteiger partial charge in [0.25, 0.3) is 5.89 Å². The molecule has 1 aliphatic heterocycles. The number of nitrogens with one attached hydrogen (secondary N) is 1. The van der Waals surface area contributed by atoms with Crippen molar-refractivity contribution in [3.8, 4) is 17.3 Å². The molecule has 3 heterocycles. The van der Waals surface area contributed by atoms with Gasteiger partial charge in [0.2, 0.25) is 0 Å². The van der Waals surface area contributed by atoms with E-state index in [9.17, 15) is 4.39 Å². The molecule has 0 bridgehead atoms. The van der Waals surface area contributed by atoms with E-state index in [0.29, 0.717) is 36.3 Å². The number of ether oxygens (including phenoxy) is 1. The fraction of sp³-hybridized carbons (Fsp3) is 0.389. The Hall–Kier alpha value is -2.58. The van der Waals surface area contributed by atoms with Crippen LogP contribution in [0.4, 0.5) is 4.39 Å². The molecule has 1 aliphatic carbocycles. The van der Waals surface area contributed by atoms with Crippen LogP contribution in [0.3, 0.4) is 0 Å². The van der Waals surface area contributed by atoms with Gasteiger partial charge in [0.05, 0.1) is 19.3 Å². The molecule has 7 nitrogen and oxygen atoms in total. The lowest BCUT2D eigenvalue weighted by Crippen LogP contribution is -2.35. The number of fused-ring (bicyclic) bond motifs is 1. The van der Waals surface area contributed by atoms with E-state index in [0.717, 1.165) is 37.1 Å². The van der Waals surface area contributed by atoms with Crippen molar-refractivity contribution >= 4 is 0 Å². The molecule has 0 spiro atoms. The summed E-state index contributed by atoms with van der Waals surface area (Å²) in [5.74, 6) is 0.638. The molecule has 134 valence electrons. The summed E-state index contributed by atoms with van der Waals surface area (Å²) < 4.78 is 26.9. The normalized spacial score (nSPS) is 19.7. The summed E-state index contributed by atoms with van der Waals surface area (Å²) in [6.45, 7) is 1.95. The molecule has 1 atom stereocenters. The fourth-order valence-corrected chi connectivity index (χ4v) is 3.64. The second-order valence-corrected chi connectivity index (χ2v) is 6.53. The van der Waals surface area contributed by atoms with Crippen LogP contribution in [-0.2, 0) is 17.6 Å². The molecule has 1 saturated heterocycles. The molecule has 1 N–H and O–H groups in total. The summed E-state index contributed by atoms with van der Waals surface area (Å²) in [7, 11) is 0. The quantitative estimate of drug-likeness (QED) is 0.776. The SMILES string of the molecule is Fc1ccccc1-n1nc(-c2nc([C@H]3COCCN3)no2)c2c1CCC2. The maximum absolute atomic E-state index is 14.3. The number of hydrogen-bond acceptors (Lipinski definition) is 6. The van der Waals surface area contributed by atoms with Crippen molar-refractivity contribution in [2.75, 3.05) is 19.8 Å². The molecule has 26 heavy (non-hydrogen) atoms. The van der Waals surface area contributed by atoms with Crippen molar-refractivity contribution in [2.24, 2.45) is 0 Å². The molecule has 0 saturated carbocycles. The van der Waals surface area contributed by atoms with E-state index in [1.54, 1.807) is 22.9 Å². The highest BCUT2D eigenvalue weighted by Gasteiger charge is 2.29. The Morgan fingerprint density at radius 1 is 1.23 bits per heavy atom. The van der Waals surface area contributed by atoms with E-state index in [1.165, 1.54) is 6.07 Å². The maximum Gasteiger partial charge on any atom is 0.278 e. The summed E-state index contributed by atoms with van der Waals surface area (Å²) in [6.07, 6.45) is 2.74. The first-order valence-electron chi connectivity index (χ1n) is 8.82. The van der Waals surface area contributed by atoms with Crippen molar-refractivity contribution in [3.63, 3.8) is 0 Å². The van der Waals surface area contributed by atoms with Gasteiger partial charge in [0.15, 0.2) is 11.5 Å². The molecule has 3 aromatic rings. The highest BCUT2D eigenvalue weighted by Crippen LogP contribution is 2.33. The molecule has 0 unspecified atom stereocenters. The Bertz CT molecular complexity index is 945. The zero-order valence-electron chi connectivity index (χ0n) is 14.1. The lowest BCUT2D eigenvalue weighted by Gasteiger charge is -2.20. The van der Waals surface area contributed by atoms with Gasteiger partial charge in [-0.2, -0.15) is 10.1 Å². The van der Waals surface area contributed by atoms with Crippen molar-refractivity contribution in [1.82, 2.24) is 25.2 Å². The second kappa shape index (κ2) is 6.30. The lowest BCUT2D eigenvalue weighted by molar-refractivity contribution is 0.0734. The van der Waals surface area contributed by atoms with Crippen LogP contribution in [0, 0.1) is 5.82 Å². The zero-order chi connectivity index (χ0) is 17.5. The van der Waals surface area contributed by atoms with Crippen LogP contribution in [0.25, 0.3) is 17.3 Å². The molecule has 1 aromatic carbocycles. The largest absolute Gasteiger partial charge is 0.378 e. The Morgan fingerprint density at radius 3 is 3.00 bits per heavy atom. The van der Waals surface area contributed by atoms with Gasteiger partial charge in [0.1, 0.15) is 11.5 Å². The molecule has 5 rings (SSSR count). The number of halogens is 1. The van der Waals surface area contributed by atoms with Gasteiger partial charge in [-0.25, -0.2) is 9.07 Å².